The Labute approximate surface area is 136 Å². The van der Waals surface area contributed by atoms with Gasteiger partial charge in [-0.3, -0.25) is 4.79 Å². The maximum absolute atomic E-state index is 12.3. The molecular weight excluding hydrogens is 286 g/mol. The van der Waals surface area contributed by atoms with Crippen molar-refractivity contribution in [2.24, 2.45) is 0 Å². The number of hydrogen-bond donors (Lipinski definition) is 1. The van der Waals surface area contributed by atoms with Crippen molar-refractivity contribution in [3.63, 3.8) is 0 Å². The van der Waals surface area contributed by atoms with Gasteiger partial charge >= 0.3 is 0 Å². The van der Waals surface area contributed by atoms with E-state index in [1.165, 1.54) is 0 Å². The Balaban J connectivity index is 2.18. The van der Waals surface area contributed by atoms with Gasteiger partial charge in [-0.15, -0.1) is 0 Å². The highest BCUT2D eigenvalue weighted by atomic mass is 16.1. The molecule has 0 unspecified atom stereocenters. The number of carbonyl (C=O) groups excluding carboxylic acids is 1. The highest BCUT2D eigenvalue weighted by molar-refractivity contribution is 6.06. The van der Waals surface area contributed by atoms with Crippen molar-refractivity contribution < 1.29 is 4.79 Å². The van der Waals surface area contributed by atoms with Gasteiger partial charge < -0.3 is 10.2 Å². The third-order valence-electron chi connectivity index (χ3n) is 3.39. The van der Waals surface area contributed by atoms with Crippen LogP contribution < -0.4 is 10.2 Å². The predicted molar refractivity (Wildman–Crippen MR) is 93.0 cm³/mol. The summed E-state index contributed by atoms with van der Waals surface area (Å²) in [5.41, 5.74) is 2.78. The SMILES string of the molecule is CCN(/C=C(/C#N)C(=O)Nc1ccc(C)cc1)c1ccccc1. The molecule has 0 spiro atoms. The summed E-state index contributed by atoms with van der Waals surface area (Å²) < 4.78 is 0. The molecule has 23 heavy (non-hydrogen) atoms. The van der Waals surface area contributed by atoms with Crippen LogP contribution in [0, 0.1) is 18.3 Å². The number of rotatable bonds is 5. The zero-order valence-electron chi connectivity index (χ0n) is 13.3. The van der Waals surface area contributed by atoms with Gasteiger partial charge in [-0.2, -0.15) is 5.26 Å². The van der Waals surface area contributed by atoms with Gasteiger partial charge in [0.15, 0.2) is 0 Å². The third kappa shape index (κ3) is 4.45. The standard InChI is InChI=1S/C19H19N3O/c1-3-22(18-7-5-4-6-8-18)14-16(13-20)19(23)21-17-11-9-15(2)10-12-17/h4-12,14H,3H2,1-2H3,(H,21,23)/b16-14-. The maximum Gasteiger partial charge on any atom is 0.267 e. The van der Waals surface area contributed by atoms with Crippen LogP contribution in [0.15, 0.2) is 66.4 Å². The first kappa shape index (κ1) is 16.3. The normalized spacial score (nSPS) is 10.7. The Morgan fingerprint density at radius 3 is 2.39 bits per heavy atom. The molecule has 0 aromatic heterocycles. The molecule has 0 radical (unpaired) electrons. The summed E-state index contributed by atoms with van der Waals surface area (Å²) in [6.07, 6.45) is 1.58. The third-order valence-corrected chi connectivity index (χ3v) is 3.39. The summed E-state index contributed by atoms with van der Waals surface area (Å²) in [5.74, 6) is -0.411. The van der Waals surface area contributed by atoms with E-state index in [4.69, 9.17) is 0 Å². The van der Waals surface area contributed by atoms with Gasteiger partial charge in [0.05, 0.1) is 0 Å². The lowest BCUT2D eigenvalue weighted by Crippen LogP contribution is -2.20. The minimum atomic E-state index is -0.411. The van der Waals surface area contributed by atoms with E-state index < -0.39 is 5.91 Å². The lowest BCUT2D eigenvalue weighted by atomic mass is 10.2. The lowest BCUT2D eigenvalue weighted by molar-refractivity contribution is -0.112. The van der Waals surface area contributed by atoms with Gasteiger partial charge in [-0.1, -0.05) is 35.9 Å². The van der Waals surface area contributed by atoms with Crippen LogP contribution in [0.3, 0.4) is 0 Å². The summed E-state index contributed by atoms with van der Waals surface area (Å²) >= 11 is 0. The van der Waals surface area contributed by atoms with E-state index in [-0.39, 0.29) is 5.57 Å². The molecule has 2 aromatic carbocycles. The van der Waals surface area contributed by atoms with E-state index in [1.54, 1.807) is 6.20 Å². The monoisotopic (exact) mass is 305 g/mol. The summed E-state index contributed by atoms with van der Waals surface area (Å²) in [6.45, 7) is 4.61. The Morgan fingerprint density at radius 1 is 1.17 bits per heavy atom. The molecule has 4 nitrogen and oxygen atoms in total. The van der Waals surface area contributed by atoms with Gasteiger partial charge in [0.25, 0.3) is 5.91 Å². The second-order valence-electron chi connectivity index (χ2n) is 5.10. The van der Waals surface area contributed by atoms with Crippen LogP contribution in [0.2, 0.25) is 0 Å². The van der Waals surface area contributed by atoms with Crippen LogP contribution in [0.5, 0.6) is 0 Å². The van der Waals surface area contributed by atoms with Gasteiger partial charge in [0.1, 0.15) is 11.6 Å². The fourth-order valence-corrected chi connectivity index (χ4v) is 2.10. The number of nitrogens with one attached hydrogen (secondary N) is 1. The van der Waals surface area contributed by atoms with Crippen molar-refractivity contribution in [3.05, 3.63) is 71.9 Å². The number of anilines is 2. The molecule has 0 aliphatic heterocycles. The highest BCUT2D eigenvalue weighted by Crippen LogP contribution is 2.15. The number of carbonyl (C=O) groups is 1. The number of para-hydroxylation sites is 1. The van der Waals surface area contributed by atoms with E-state index in [0.717, 1.165) is 11.3 Å². The molecule has 0 aliphatic rings. The average molecular weight is 305 g/mol. The van der Waals surface area contributed by atoms with Gasteiger partial charge in [-0.05, 0) is 38.1 Å². The van der Waals surface area contributed by atoms with E-state index in [1.807, 2.05) is 79.4 Å². The van der Waals surface area contributed by atoms with Crippen molar-refractivity contribution in [2.45, 2.75) is 13.8 Å². The summed E-state index contributed by atoms with van der Waals surface area (Å²) in [4.78, 5) is 14.2. The van der Waals surface area contributed by atoms with Gasteiger partial charge in [-0.25, -0.2) is 0 Å². The molecule has 0 atom stereocenters. The van der Waals surface area contributed by atoms with Crippen LogP contribution in [-0.2, 0) is 4.79 Å². The van der Waals surface area contributed by atoms with Crippen molar-refractivity contribution in [1.82, 2.24) is 0 Å². The fourth-order valence-electron chi connectivity index (χ4n) is 2.10. The molecule has 0 bridgehead atoms. The Kier molecular flexibility index (Phi) is 5.54. The first-order chi connectivity index (χ1) is 11.1. The van der Waals surface area contributed by atoms with Gasteiger partial charge in [0, 0.05) is 24.1 Å². The van der Waals surface area contributed by atoms with Crippen molar-refractivity contribution in [3.8, 4) is 6.07 Å². The van der Waals surface area contributed by atoms with Crippen LogP contribution >= 0.6 is 0 Å². The van der Waals surface area contributed by atoms with Gasteiger partial charge in [0.2, 0.25) is 0 Å². The molecule has 0 fully saturated rings. The van der Waals surface area contributed by atoms with E-state index in [0.29, 0.717) is 12.2 Å². The summed E-state index contributed by atoms with van der Waals surface area (Å²) in [6, 6.07) is 19.1. The zero-order chi connectivity index (χ0) is 16.7. The summed E-state index contributed by atoms with van der Waals surface area (Å²) in [5, 5.41) is 12.0. The molecule has 116 valence electrons. The molecule has 1 amide bonds. The topological polar surface area (TPSA) is 56.1 Å². The lowest BCUT2D eigenvalue weighted by Gasteiger charge is -2.18. The second kappa shape index (κ2) is 7.81. The van der Waals surface area contributed by atoms with Crippen molar-refractivity contribution >= 4 is 17.3 Å². The molecule has 0 heterocycles. The number of nitrogens with zero attached hydrogens (tertiary/aromatic N) is 2. The first-order valence-corrected chi connectivity index (χ1v) is 7.45. The quantitative estimate of drug-likeness (QED) is 0.674. The molecule has 2 aromatic rings. The molecule has 0 saturated carbocycles. The largest absolute Gasteiger partial charge is 0.347 e. The second-order valence-corrected chi connectivity index (χ2v) is 5.10. The first-order valence-electron chi connectivity index (χ1n) is 7.45. The fraction of sp³-hybridized carbons (Fsp3) is 0.158. The Hall–Kier alpha value is -3.06. The minimum absolute atomic E-state index is 0.0660. The minimum Gasteiger partial charge on any atom is -0.347 e. The number of hydrogen-bond acceptors (Lipinski definition) is 3. The van der Waals surface area contributed by atoms with Crippen LogP contribution in [-0.4, -0.2) is 12.5 Å². The van der Waals surface area contributed by atoms with Crippen LogP contribution in [0.4, 0.5) is 11.4 Å². The molecule has 0 aliphatic carbocycles. The van der Waals surface area contributed by atoms with Crippen LogP contribution in [0.1, 0.15) is 12.5 Å². The molecular formula is C19H19N3O. The zero-order valence-corrected chi connectivity index (χ0v) is 13.3. The average Bonchev–Trinajstić information content (AvgIpc) is 2.58. The van der Waals surface area contributed by atoms with E-state index in [9.17, 15) is 10.1 Å². The predicted octanol–water partition coefficient (Wildman–Crippen LogP) is 3.87. The molecule has 4 heteroatoms. The van der Waals surface area contributed by atoms with E-state index >= 15 is 0 Å². The smallest absolute Gasteiger partial charge is 0.267 e. The highest BCUT2D eigenvalue weighted by Gasteiger charge is 2.12. The number of benzene rings is 2. The van der Waals surface area contributed by atoms with Crippen LogP contribution in [0.25, 0.3) is 0 Å². The summed E-state index contributed by atoms with van der Waals surface area (Å²) in [7, 11) is 0. The maximum atomic E-state index is 12.3. The number of amides is 1. The molecule has 1 N–H and O–H groups in total. The number of aryl methyl sites for hydroxylation is 1. The Bertz CT molecular complexity index is 727. The van der Waals surface area contributed by atoms with Crippen molar-refractivity contribution in [1.29, 1.82) is 5.26 Å². The molecule has 2 rings (SSSR count). The Morgan fingerprint density at radius 2 is 1.83 bits per heavy atom. The molecule has 0 saturated heterocycles. The van der Waals surface area contributed by atoms with E-state index in [2.05, 4.69) is 5.32 Å². The number of nitriles is 1. The van der Waals surface area contributed by atoms with Crippen molar-refractivity contribution in [2.75, 3.05) is 16.8 Å².